The fourth-order valence-corrected chi connectivity index (χ4v) is 3.27. The van der Waals surface area contributed by atoms with Gasteiger partial charge in [-0.25, -0.2) is 14.4 Å². The fourth-order valence-electron chi connectivity index (χ4n) is 3.27. The van der Waals surface area contributed by atoms with Crippen LogP contribution in [0.15, 0.2) is 24.3 Å². The van der Waals surface area contributed by atoms with Gasteiger partial charge in [-0.15, -0.1) is 0 Å². The van der Waals surface area contributed by atoms with Crippen LogP contribution < -0.4 is 10.1 Å². The van der Waals surface area contributed by atoms with Gasteiger partial charge in [0.25, 0.3) is 0 Å². The molecule has 2 rings (SSSR count). The first-order chi connectivity index (χ1) is 17.4. The van der Waals surface area contributed by atoms with Gasteiger partial charge < -0.3 is 49.4 Å². The summed E-state index contributed by atoms with van der Waals surface area (Å²) in [5.41, 5.74) is -1.01. The molecule has 0 radical (unpaired) electrons. The van der Waals surface area contributed by atoms with Gasteiger partial charge in [0.05, 0.1) is 0 Å². The zero-order valence-corrected chi connectivity index (χ0v) is 22.2. The number of carbonyl (C=O) groups is 3. The third-order valence-electron chi connectivity index (χ3n) is 5.01. The van der Waals surface area contributed by atoms with Crippen molar-refractivity contribution < 1.29 is 58.5 Å². The molecule has 0 unspecified atom stereocenters. The van der Waals surface area contributed by atoms with Crippen LogP contribution in [0.25, 0.3) is 0 Å². The van der Waals surface area contributed by atoms with Crippen molar-refractivity contribution in [2.24, 2.45) is 0 Å². The molecule has 1 aromatic rings. The molecule has 38 heavy (non-hydrogen) atoms. The smallest absolute Gasteiger partial charge is 0.461 e. The van der Waals surface area contributed by atoms with Crippen LogP contribution in [0.2, 0.25) is 0 Å². The van der Waals surface area contributed by atoms with Crippen LogP contribution in [0.1, 0.15) is 47.1 Å². The number of hydrogen-bond acceptors (Lipinski definition) is 12. The van der Waals surface area contributed by atoms with Crippen LogP contribution in [0, 0.1) is 0 Å². The molecule has 1 fully saturated rings. The number of aliphatic hydroxyl groups is 4. The van der Waals surface area contributed by atoms with E-state index in [0.717, 1.165) is 0 Å². The maximum atomic E-state index is 12.9. The van der Waals surface area contributed by atoms with Crippen LogP contribution in [0.5, 0.6) is 5.75 Å². The molecule has 0 saturated carbocycles. The van der Waals surface area contributed by atoms with Crippen molar-refractivity contribution in [1.82, 2.24) is 5.32 Å². The van der Waals surface area contributed by atoms with E-state index in [-0.39, 0.29) is 12.2 Å². The minimum Gasteiger partial charge on any atom is -0.461 e. The molecule has 5 N–H and O–H groups in total. The number of aliphatic hydroxyl groups excluding tert-OH is 4. The van der Waals surface area contributed by atoms with E-state index in [1.54, 1.807) is 53.7 Å². The molecule has 0 aliphatic carbocycles. The second-order valence-corrected chi connectivity index (χ2v) is 10.8. The standard InChI is InChI=1S/C25H37NO12/c1-24(2,3)37-22(32)26-15(20(30)34-12-16-17(27)18(28)19(29)21(31)36-16)11-13-7-9-14(10-8-13)35-23(33)38-25(4,5)6/h7-10,15-19,21,27-29,31H,11-12H2,1-6H3,(H,26,32)/t15-,16-,17+,18+,19-,21+/m1/s1. The lowest BCUT2D eigenvalue weighted by Gasteiger charge is -2.38. The lowest BCUT2D eigenvalue weighted by atomic mass is 9.99. The Kier molecular flexibility index (Phi) is 10.5. The topological polar surface area (TPSA) is 190 Å². The van der Waals surface area contributed by atoms with E-state index in [4.69, 9.17) is 23.7 Å². The van der Waals surface area contributed by atoms with E-state index in [9.17, 15) is 34.8 Å². The molecule has 1 heterocycles. The number of hydrogen-bond donors (Lipinski definition) is 5. The Morgan fingerprint density at radius 2 is 1.47 bits per heavy atom. The van der Waals surface area contributed by atoms with Gasteiger partial charge in [-0.1, -0.05) is 12.1 Å². The lowest BCUT2D eigenvalue weighted by molar-refractivity contribution is -0.287. The molecule has 0 bridgehead atoms. The molecular formula is C25H37NO12. The zero-order chi connectivity index (χ0) is 28.8. The predicted octanol–water partition coefficient (Wildman–Crippen LogP) is 0.779. The second kappa shape index (κ2) is 12.7. The molecule has 1 aromatic carbocycles. The summed E-state index contributed by atoms with van der Waals surface area (Å²) in [4.78, 5) is 37.1. The predicted molar refractivity (Wildman–Crippen MR) is 130 cm³/mol. The van der Waals surface area contributed by atoms with Gasteiger partial charge in [0.2, 0.25) is 0 Å². The van der Waals surface area contributed by atoms with Gasteiger partial charge in [0.15, 0.2) is 6.29 Å². The van der Waals surface area contributed by atoms with E-state index in [2.05, 4.69) is 5.32 Å². The maximum absolute atomic E-state index is 12.9. The van der Waals surface area contributed by atoms with Crippen LogP contribution in [0.3, 0.4) is 0 Å². The van der Waals surface area contributed by atoms with Gasteiger partial charge in [0, 0.05) is 6.42 Å². The number of benzene rings is 1. The van der Waals surface area contributed by atoms with Crippen molar-refractivity contribution in [2.75, 3.05) is 6.61 Å². The highest BCUT2D eigenvalue weighted by molar-refractivity contribution is 5.81. The van der Waals surface area contributed by atoms with E-state index in [1.165, 1.54) is 12.1 Å². The van der Waals surface area contributed by atoms with E-state index in [1.807, 2.05) is 0 Å². The first-order valence-corrected chi connectivity index (χ1v) is 12.0. The number of esters is 1. The molecule has 1 aliphatic heterocycles. The van der Waals surface area contributed by atoms with E-state index < -0.39 is 72.8 Å². The monoisotopic (exact) mass is 543 g/mol. The van der Waals surface area contributed by atoms with Crippen molar-refractivity contribution >= 4 is 18.2 Å². The third-order valence-corrected chi connectivity index (χ3v) is 5.01. The Labute approximate surface area is 220 Å². The summed E-state index contributed by atoms with van der Waals surface area (Å²) in [5.74, 6) is -0.721. The first kappa shape index (κ1) is 31.2. The van der Waals surface area contributed by atoms with E-state index in [0.29, 0.717) is 5.56 Å². The van der Waals surface area contributed by atoms with Crippen LogP contribution >= 0.6 is 0 Å². The maximum Gasteiger partial charge on any atom is 0.514 e. The van der Waals surface area contributed by atoms with Gasteiger partial charge in [-0.2, -0.15) is 0 Å². The largest absolute Gasteiger partial charge is 0.514 e. The number of alkyl carbamates (subject to hydrolysis) is 1. The van der Waals surface area contributed by atoms with Gasteiger partial charge in [-0.3, -0.25) is 0 Å². The van der Waals surface area contributed by atoms with Gasteiger partial charge in [-0.05, 0) is 59.2 Å². The number of rotatable bonds is 7. The number of amides is 1. The molecule has 214 valence electrons. The normalized spacial score (nSPS) is 24.6. The van der Waals surface area contributed by atoms with Crippen LogP contribution in [-0.4, -0.2) is 93.2 Å². The lowest BCUT2D eigenvalue weighted by Crippen LogP contribution is -2.59. The summed E-state index contributed by atoms with van der Waals surface area (Å²) < 4.78 is 25.6. The summed E-state index contributed by atoms with van der Waals surface area (Å²) in [6.07, 6.45) is -10.0. The van der Waals surface area contributed by atoms with Gasteiger partial charge >= 0.3 is 18.2 Å². The summed E-state index contributed by atoms with van der Waals surface area (Å²) in [7, 11) is 0. The van der Waals surface area contributed by atoms with Crippen LogP contribution in [-0.2, 0) is 30.2 Å². The molecule has 13 nitrogen and oxygen atoms in total. The second-order valence-electron chi connectivity index (χ2n) is 10.8. The number of ether oxygens (including phenoxy) is 5. The molecule has 1 amide bonds. The van der Waals surface area contributed by atoms with Crippen molar-refractivity contribution in [3.8, 4) is 5.75 Å². The summed E-state index contributed by atoms with van der Waals surface area (Å²) in [6, 6.07) is 4.85. The highest BCUT2D eigenvalue weighted by Crippen LogP contribution is 2.21. The molecule has 1 saturated heterocycles. The Balaban J connectivity index is 2.08. The van der Waals surface area contributed by atoms with Crippen LogP contribution in [0.4, 0.5) is 9.59 Å². The SMILES string of the molecule is CC(C)(C)OC(=O)N[C@H](Cc1ccc(OC(=O)OC(C)(C)C)cc1)C(=O)OC[C@H]1O[C@H](O)[C@H](O)[C@@H](O)[C@H]1O. The summed E-state index contributed by atoms with van der Waals surface area (Å²) in [6.45, 7) is 9.45. The molecule has 0 aromatic heterocycles. The molecule has 6 atom stereocenters. The molecule has 0 spiro atoms. The third kappa shape index (κ3) is 10.1. The zero-order valence-electron chi connectivity index (χ0n) is 22.2. The summed E-state index contributed by atoms with van der Waals surface area (Å²) >= 11 is 0. The Hall–Kier alpha value is -2.97. The average molecular weight is 544 g/mol. The van der Waals surface area contributed by atoms with Crippen molar-refractivity contribution in [3.05, 3.63) is 29.8 Å². The molecule has 13 heteroatoms. The highest BCUT2D eigenvalue weighted by Gasteiger charge is 2.43. The van der Waals surface area contributed by atoms with Gasteiger partial charge in [0.1, 0.15) is 54.0 Å². The Bertz CT molecular complexity index is 953. The minimum atomic E-state index is -1.80. The van der Waals surface area contributed by atoms with Crippen molar-refractivity contribution in [3.63, 3.8) is 0 Å². The van der Waals surface area contributed by atoms with Crippen molar-refractivity contribution in [2.45, 2.75) is 95.9 Å². The number of carbonyl (C=O) groups excluding carboxylic acids is 3. The average Bonchev–Trinajstić information content (AvgIpc) is 2.77. The number of nitrogens with one attached hydrogen (secondary N) is 1. The van der Waals surface area contributed by atoms with E-state index >= 15 is 0 Å². The Morgan fingerprint density at radius 1 is 0.895 bits per heavy atom. The molecule has 1 aliphatic rings. The quantitative estimate of drug-likeness (QED) is 0.185. The minimum absolute atomic E-state index is 0.0527. The highest BCUT2D eigenvalue weighted by atomic mass is 16.7. The van der Waals surface area contributed by atoms with Crippen molar-refractivity contribution in [1.29, 1.82) is 0 Å². The fraction of sp³-hybridized carbons (Fsp3) is 0.640. The Morgan fingerprint density at radius 3 is 2.03 bits per heavy atom. The molecular weight excluding hydrogens is 506 g/mol. The first-order valence-electron chi connectivity index (χ1n) is 12.0. The summed E-state index contributed by atoms with van der Waals surface area (Å²) in [5, 5.41) is 41.6.